The van der Waals surface area contributed by atoms with E-state index < -0.39 is 0 Å². The number of amides is 1. The molecule has 0 unspecified atom stereocenters. The number of carbonyl (C=O) groups is 1. The largest absolute Gasteiger partial charge is 0.441 e. The van der Waals surface area contributed by atoms with Crippen LogP contribution in [0.4, 0.5) is 0 Å². The Morgan fingerprint density at radius 2 is 2.12 bits per heavy atom. The number of hydrogen-bond donors (Lipinski definition) is 2. The van der Waals surface area contributed by atoms with Crippen LogP contribution in [0.3, 0.4) is 0 Å². The van der Waals surface area contributed by atoms with Gasteiger partial charge in [-0.05, 0) is 29.3 Å². The first kappa shape index (κ1) is 14.5. The van der Waals surface area contributed by atoms with Gasteiger partial charge in [-0.2, -0.15) is 0 Å². The SMILES string of the molecule is Cc1nc2cc(CNC(=O)Cc3c[nH]c4ccccc34)ccc2o1. The van der Waals surface area contributed by atoms with Crippen LogP contribution in [0.25, 0.3) is 22.0 Å². The number of nitrogens with zero attached hydrogens (tertiary/aromatic N) is 1. The lowest BCUT2D eigenvalue weighted by Gasteiger charge is -2.05. The van der Waals surface area contributed by atoms with Gasteiger partial charge in [-0.1, -0.05) is 24.3 Å². The van der Waals surface area contributed by atoms with Crippen LogP contribution in [0, 0.1) is 6.92 Å². The lowest BCUT2D eigenvalue weighted by atomic mass is 10.1. The van der Waals surface area contributed by atoms with Crippen LogP contribution in [0.1, 0.15) is 17.0 Å². The molecule has 0 aliphatic rings. The predicted molar refractivity (Wildman–Crippen MR) is 92.6 cm³/mol. The van der Waals surface area contributed by atoms with E-state index >= 15 is 0 Å². The minimum absolute atomic E-state index is 0.00353. The number of aromatic amines is 1. The Balaban J connectivity index is 1.43. The van der Waals surface area contributed by atoms with E-state index in [4.69, 9.17) is 4.42 Å². The van der Waals surface area contributed by atoms with Gasteiger partial charge in [-0.15, -0.1) is 0 Å². The molecule has 5 heteroatoms. The molecule has 4 rings (SSSR count). The van der Waals surface area contributed by atoms with Crippen molar-refractivity contribution >= 4 is 27.9 Å². The summed E-state index contributed by atoms with van der Waals surface area (Å²) >= 11 is 0. The molecule has 0 saturated heterocycles. The first-order valence-corrected chi connectivity index (χ1v) is 7.87. The van der Waals surface area contributed by atoms with Crippen molar-refractivity contribution < 1.29 is 9.21 Å². The monoisotopic (exact) mass is 319 g/mol. The number of hydrogen-bond acceptors (Lipinski definition) is 3. The van der Waals surface area contributed by atoms with E-state index in [1.54, 1.807) is 0 Å². The number of aromatic nitrogens is 2. The van der Waals surface area contributed by atoms with Crippen molar-refractivity contribution in [1.29, 1.82) is 0 Å². The summed E-state index contributed by atoms with van der Waals surface area (Å²) in [5.41, 5.74) is 4.64. The fourth-order valence-corrected chi connectivity index (χ4v) is 2.91. The second-order valence-corrected chi connectivity index (χ2v) is 5.85. The number of nitrogens with one attached hydrogen (secondary N) is 2. The molecule has 2 N–H and O–H groups in total. The number of aryl methyl sites for hydroxylation is 1. The molecule has 0 saturated carbocycles. The smallest absolute Gasteiger partial charge is 0.224 e. The number of fused-ring (bicyclic) bond motifs is 2. The normalized spacial score (nSPS) is 11.2. The molecular formula is C19H17N3O2. The number of rotatable bonds is 4. The molecule has 2 heterocycles. The van der Waals surface area contributed by atoms with Crippen molar-refractivity contribution in [2.45, 2.75) is 19.9 Å². The molecule has 0 aliphatic carbocycles. The fraction of sp³-hybridized carbons (Fsp3) is 0.158. The summed E-state index contributed by atoms with van der Waals surface area (Å²) in [5.74, 6) is 0.640. The second-order valence-electron chi connectivity index (χ2n) is 5.85. The van der Waals surface area contributed by atoms with E-state index in [-0.39, 0.29) is 5.91 Å². The third-order valence-electron chi connectivity index (χ3n) is 4.07. The van der Waals surface area contributed by atoms with Gasteiger partial charge in [0.15, 0.2) is 11.5 Å². The highest BCUT2D eigenvalue weighted by Gasteiger charge is 2.09. The van der Waals surface area contributed by atoms with Crippen molar-refractivity contribution in [2.24, 2.45) is 0 Å². The summed E-state index contributed by atoms with van der Waals surface area (Å²) in [6.45, 7) is 2.30. The van der Waals surface area contributed by atoms with Crippen molar-refractivity contribution in [3.63, 3.8) is 0 Å². The van der Waals surface area contributed by atoms with Gasteiger partial charge in [0.25, 0.3) is 0 Å². The minimum Gasteiger partial charge on any atom is -0.441 e. The average molecular weight is 319 g/mol. The summed E-state index contributed by atoms with van der Waals surface area (Å²) in [4.78, 5) is 19.7. The van der Waals surface area contributed by atoms with E-state index in [1.165, 1.54) is 0 Å². The van der Waals surface area contributed by atoms with Gasteiger partial charge in [0.2, 0.25) is 5.91 Å². The first-order chi connectivity index (χ1) is 11.7. The third-order valence-corrected chi connectivity index (χ3v) is 4.07. The quantitative estimate of drug-likeness (QED) is 0.605. The number of para-hydroxylation sites is 1. The van der Waals surface area contributed by atoms with Crippen molar-refractivity contribution in [3.8, 4) is 0 Å². The van der Waals surface area contributed by atoms with Crippen LogP contribution in [-0.4, -0.2) is 15.9 Å². The predicted octanol–water partition coefficient (Wildman–Crippen LogP) is 3.48. The molecule has 5 nitrogen and oxygen atoms in total. The lowest BCUT2D eigenvalue weighted by molar-refractivity contribution is -0.120. The summed E-state index contributed by atoms with van der Waals surface area (Å²) in [6, 6.07) is 13.8. The molecule has 0 atom stereocenters. The van der Waals surface area contributed by atoms with Crippen LogP contribution in [0.15, 0.2) is 53.1 Å². The summed E-state index contributed by atoms with van der Waals surface area (Å²) in [7, 11) is 0. The van der Waals surface area contributed by atoms with Gasteiger partial charge >= 0.3 is 0 Å². The molecule has 120 valence electrons. The number of oxazole rings is 1. The highest BCUT2D eigenvalue weighted by molar-refractivity contribution is 5.88. The fourth-order valence-electron chi connectivity index (χ4n) is 2.91. The molecule has 1 amide bonds. The lowest BCUT2D eigenvalue weighted by Crippen LogP contribution is -2.24. The second kappa shape index (κ2) is 5.85. The summed E-state index contributed by atoms with van der Waals surface area (Å²) < 4.78 is 5.46. The molecule has 2 aromatic carbocycles. The van der Waals surface area contributed by atoms with Crippen LogP contribution < -0.4 is 5.32 Å². The van der Waals surface area contributed by atoms with E-state index in [1.807, 2.05) is 55.6 Å². The van der Waals surface area contributed by atoms with Crippen molar-refractivity contribution in [3.05, 3.63) is 65.7 Å². The van der Waals surface area contributed by atoms with Gasteiger partial charge in [-0.25, -0.2) is 4.98 Å². The average Bonchev–Trinajstić information content (AvgIpc) is 3.15. The maximum Gasteiger partial charge on any atom is 0.224 e. The van der Waals surface area contributed by atoms with Gasteiger partial charge in [-0.3, -0.25) is 4.79 Å². The van der Waals surface area contributed by atoms with E-state index in [0.29, 0.717) is 18.9 Å². The summed E-state index contributed by atoms with van der Waals surface area (Å²) in [5, 5.41) is 4.05. The number of H-pyrrole nitrogens is 1. The van der Waals surface area contributed by atoms with Gasteiger partial charge in [0.1, 0.15) is 5.52 Å². The Morgan fingerprint density at radius 3 is 3.04 bits per heavy atom. The van der Waals surface area contributed by atoms with E-state index in [9.17, 15) is 4.79 Å². The minimum atomic E-state index is -0.00353. The topological polar surface area (TPSA) is 70.9 Å². The zero-order valence-corrected chi connectivity index (χ0v) is 13.3. The molecule has 0 bridgehead atoms. The number of carbonyl (C=O) groups excluding carboxylic acids is 1. The first-order valence-electron chi connectivity index (χ1n) is 7.87. The van der Waals surface area contributed by atoms with Crippen LogP contribution in [0.2, 0.25) is 0 Å². The third kappa shape index (κ3) is 2.76. The summed E-state index contributed by atoms with van der Waals surface area (Å²) in [6.07, 6.45) is 2.25. The Morgan fingerprint density at radius 1 is 1.25 bits per heavy atom. The Kier molecular flexibility index (Phi) is 3.54. The Labute approximate surface area is 138 Å². The molecule has 2 aromatic heterocycles. The van der Waals surface area contributed by atoms with Crippen molar-refractivity contribution in [2.75, 3.05) is 0 Å². The standard InChI is InChI=1S/C19H17N3O2/c1-12-22-17-8-13(6-7-18(17)24-12)10-21-19(23)9-14-11-20-16-5-3-2-4-15(14)16/h2-8,11,20H,9-10H2,1H3,(H,21,23). The van der Waals surface area contributed by atoms with Gasteiger partial charge < -0.3 is 14.7 Å². The Bertz CT molecular complexity index is 1030. The molecular weight excluding hydrogens is 302 g/mol. The highest BCUT2D eigenvalue weighted by Crippen LogP contribution is 2.19. The molecule has 0 fully saturated rings. The van der Waals surface area contributed by atoms with Gasteiger partial charge in [0, 0.05) is 30.6 Å². The Hall–Kier alpha value is -3.08. The maximum atomic E-state index is 12.2. The van der Waals surface area contributed by atoms with Crippen molar-refractivity contribution in [1.82, 2.24) is 15.3 Å². The molecule has 0 radical (unpaired) electrons. The molecule has 4 aromatic rings. The van der Waals surface area contributed by atoms with Crippen LogP contribution in [0.5, 0.6) is 0 Å². The molecule has 24 heavy (non-hydrogen) atoms. The van der Waals surface area contributed by atoms with E-state index in [2.05, 4.69) is 15.3 Å². The molecule has 0 spiro atoms. The maximum absolute atomic E-state index is 12.2. The van der Waals surface area contributed by atoms with Crippen LogP contribution in [-0.2, 0) is 17.8 Å². The zero-order chi connectivity index (χ0) is 16.5. The number of benzene rings is 2. The van der Waals surface area contributed by atoms with Gasteiger partial charge in [0.05, 0.1) is 6.42 Å². The van der Waals surface area contributed by atoms with Crippen LogP contribution >= 0.6 is 0 Å². The highest BCUT2D eigenvalue weighted by atomic mass is 16.3. The van der Waals surface area contributed by atoms with E-state index in [0.717, 1.165) is 33.1 Å². The zero-order valence-electron chi connectivity index (χ0n) is 13.3. The molecule has 0 aliphatic heterocycles.